The standard InChI is InChI=1S/C25H32ClFN4O5S/c1-16(2)28-25(33)29-37(34,35)23-11-20(26)7-10-22(23)36-15-24(32)31-13-17(3)30(12-18(31)4)14-19-5-8-21(27)9-6-19/h5-11,16-18H,12-15H2,1-4H3,(H2,28,29,33). The van der Waals surface area contributed by atoms with Crippen LogP contribution in [0, 0.1) is 5.82 Å². The van der Waals surface area contributed by atoms with E-state index in [-0.39, 0.29) is 45.5 Å². The van der Waals surface area contributed by atoms with Crippen LogP contribution in [0.3, 0.4) is 0 Å². The van der Waals surface area contributed by atoms with E-state index in [9.17, 15) is 22.4 Å². The summed E-state index contributed by atoms with van der Waals surface area (Å²) in [6.45, 7) is 8.62. The van der Waals surface area contributed by atoms with Crippen LogP contribution >= 0.6 is 11.6 Å². The van der Waals surface area contributed by atoms with Crippen LogP contribution in [0.4, 0.5) is 9.18 Å². The quantitative estimate of drug-likeness (QED) is 0.518. The molecule has 12 heteroatoms. The van der Waals surface area contributed by atoms with E-state index in [0.29, 0.717) is 19.6 Å². The highest BCUT2D eigenvalue weighted by atomic mass is 35.5. The first kappa shape index (κ1) is 28.7. The number of urea groups is 1. The summed E-state index contributed by atoms with van der Waals surface area (Å²) in [5.74, 6) is -0.685. The van der Waals surface area contributed by atoms with E-state index in [1.54, 1.807) is 30.9 Å². The van der Waals surface area contributed by atoms with Crippen molar-refractivity contribution in [3.8, 4) is 5.75 Å². The SMILES string of the molecule is CC(C)NC(=O)NS(=O)(=O)c1cc(Cl)ccc1OCC(=O)N1CC(C)N(Cc2ccc(F)cc2)CC1C. The molecule has 202 valence electrons. The first-order valence-electron chi connectivity index (χ1n) is 11.9. The summed E-state index contributed by atoms with van der Waals surface area (Å²) in [6.07, 6.45) is 0. The average Bonchev–Trinajstić information content (AvgIpc) is 2.80. The molecule has 2 N–H and O–H groups in total. The number of benzene rings is 2. The fourth-order valence-electron chi connectivity index (χ4n) is 4.09. The zero-order chi connectivity index (χ0) is 27.3. The highest BCUT2D eigenvalue weighted by Gasteiger charge is 2.32. The lowest BCUT2D eigenvalue weighted by Gasteiger charge is -2.44. The van der Waals surface area contributed by atoms with E-state index >= 15 is 0 Å². The largest absolute Gasteiger partial charge is 0.482 e. The maximum atomic E-state index is 13.2. The predicted molar refractivity (Wildman–Crippen MR) is 138 cm³/mol. The first-order chi connectivity index (χ1) is 17.4. The van der Waals surface area contributed by atoms with Crippen LogP contribution in [0.25, 0.3) is 0 Å². The van der Waals surface area contributed by atoms with E-state index in [0.717, 1.165) is 11.6 Å². The number of amides is 3. The normalized spacial score (nSPS) is 18.5. The number of halogens is 2. The molecule has 1 aliphatic heterocycles. The van der Waals surface area contributed by atoms with Gasteiger partial charge in [-0.3, -0.25) is 9.69 Å². The summed E-state index contributed by atoms with van der Waals surface area (Å²) < 4.78 is 46.4. The second kappa shape index (κ2) is 12.1. The van der Waals surface area contributed by atoms with Gasteiger partial charge in [0, 0.05) is 42.8 Å². The maximum Gasteiger partial charge on any atom is 0.328 e. The molecule has 0 aliphatic carbocycles. The Hall–Kier alpha value is -2.89. The monoisotopic (exact) mass is 554 g/mol. The molecule has 2 unspecified atom stereocenters. The van der Waals surface area contributed by atoms with Crippen molar-refractivity contribution in [2.45, 2.75) is 57.3 Å². The molecule has 1 fully saturated rings. The molecule has 3 amide bonds. The number of hydrogen-bond acceptors (Lipinski definition) is 6. The third-order valence-electron chi connectivity index (χ3n) is 5.93. The number of ether oxygens (including phenoxy) is 1. The van der Waals surface area contributed by atoms with Crippen molar-refractivity contribution in [1.29, 1.82) is 0 Å². The van der Waals surface area contributed by atoms with Crippen LogP contribution in [-0.4, -0.2) is 68.0 Å². The smallest absolute Gasteiger partial charge is 0.328 e. The van der Waals surface area contributed by atoms with Gasteiger partial charge in [-0.15, -0.1) is 0 Å². The van der Waals surface area contributed by atoms with Crippen LogP contribution in [0.15, 0.2) is 47.4 Å². The summed E-state index contributed by atoms with van der Waals surface area (Å²) in [7, 11) is -4.32. The van der Waals surface area contributed by atoms with Crippen LogP contribution in [0.2, 0.25) is 5.02 Å². The molecule has 2 aromatic rings. The number of carbonyl (C=O) groups excluding carboxylic acids is 2. The van der Waals surface area contributed by atoms with Gasteiger partial charge in [-0.1, -0.05) is 23.7 Å². The van der Waals surface area contributed by atoms with Crippen molar-refractivity contribution >= 4 is 33.6 Å². The Morgan fingerprint density at radius 3 is 2.43 bits per heavy atom. The summed E-state index contributed by atoms with van der Waals surface area (Å²) in [5, 5.41) is 2.57. The number of hydrogen-bond donors (Lipinski definition) is 2. The van der Waals surface area contributed by atoms with Gasteiger partial charge in [-0.2, -0.15) is 0 Å². The third kappa shape index (κ3) is 7.80. The molecule has 9 nitrogen and oxygen atoms in total. The third-order valence-corrected chi connectivity index (χ3v) is 7.51. The van der Waals surface area contributed by atoms with Crippen molar-refractivity contribution < 1.29 is 27.1 Å². The predicted octanol–water partition coefficient (Wildman–Crippen LogP) is 3.38. The molecular formula is C25H32ClFN4O5S. The van der Waals surface area contributed by atoms with Gasteiger partial charge in [0.05, 0.1) is 0 Å². The molecule has 0 spiro atoms. The topological polar surface area (TPSA) is 108 Å². The summed E-state index contributed by atoms with van der Waals surface area (Å²) in [4.78, 5) is 28.6. The Balaban J connectivity index is 1.65. The highest BCUT2D eigenvalue weighted by Crippen LogP contribution is 2.28. The van der Waals surface area contributed by atoms with Gasteiger partial charge in [0.25, 0.3) is 15.9 Å². The lowest BCUT2D eigenvalue weighted by molar-refractivity contribution is -0.139. The van der Waals surface area contributed by atoms with Crippen molar-refractivity contribution in [3.63, 3.8) is 0 Å². The molecule has 2 atom stereocenters. The molecule has 0 radical (unpaired) electrons. The average molecular weight is 555 g/mol. The van der Waals surface area contributed by atoms with Crippen LogP contribution in [0.5, 0.6) is 5.75 Å². The van der Waals surface area contributed by atoms with Crippen molar-refractivity contribution in [3.05, 3.63) is 58.9 Å². The van der Waals surface area contributed by atoms with E-state index < -0.39 is 22.7 Å². The molecule has 1 aliphatic rings. The lowest BCUT2D eigenvalue weighted by Crippen LogP contribution is -2.58. The van der Waals surface area contributed by atoms with Gasteiger partial charge < -0.3 is 15.0 Å². The second-order valence-electron chi connectivity index (χ2n) is 9.41. The Labute approximate surface area is 222 Å². The number of rotatable bonds is 8. The summed E-state index contributed by atoms with van der Waals surface area (Å²) in [5.41, 5.74) is 0.982. The molecule has 0 bridgehead atoms. The van der Waals surface area contributed by atoms with Gasteiger partial charge in [0.1, 0.15) is 16.5 Å². The van der Waals surface area contributed by atoms with Crippen LogP contribution < -0.4 is 14.8 Å². The fraction of sp³-hybridized carbons (Fsp3) is 0.440. The van der Waals surface area contributed by atoms with E-state index in [2.05, 4.69) is 10.2 Å². The molecule has 1 saturated heterocycles. The minimum absolute atomic E-state index is 0.0420. The second-order valence-corrected chi connectivity index (χ2v) is 11.5. The molecule has 2 aromatic carbocycles. The first-order valence-corrected chi connectivity index (χ1v) is 13.8. The Kier molecular flexibility index (Phi) is 9.38. The summed E-state index contributed by atoms with van der Waals surface area (Å²) in [6, 6.07) is 9.05. The number of nitrogens with one attached hydrogen (secondary N) is 2. The number of sulfonamides is 1. The molecule has 0 aromatic heterocycles. The van der Waals surface area contributed by atoms with Crippen molar-refractivity contribution in [2.24, 2.45) is 0 Å². The molecule has 37 heavy (non-hydrogen) atoms. The minimum atomic E-state index is -4.32. The highest BCUT2D eigenvalue weighted by molar-refractivity contribution is 7.90. The zero-order valence-electron chi connectivity index (χ0n) is 21.2. The van der Waals surface area contributed by atoms with Gasteiger partial charge in [-0.25, -0.2) is 22.3 Å². The Morgan fingerprint density at radius 1 is 1.11 bits per heavy atom. The Bertz CT molecular complexity index is 1230. The van der Waals surface area contributed by atoms with E-state index in [1.165, 1.54) is 24.3 Å². The van der Waals surface area contributed by atoms with Crippen LogP contribution in [-0.2, 0) is 21.4 Å². The van der Waals surface area contributed by atoms with Gasteiger partial charge in [-0.05, 0) is 63.6 Å². The van der Waals surface area contributed by atoms with Gasteiger partial charge in [0.2, 0.25) is 0 Å². The minimum Gasteiger partial charge on any atom is -0.482 e. The Morgan fingerprint density at radius 2 is 1.78 bits per heavy atom. The number of nitrogens with zero attached hydrogens (tertiary/aromatic N) is 2. The number of piperazine rings is 1. The van der Waals surface area contributed by atoms with Crippen LogP contribution in [0.1, 0.15) is 33.3 Å². The van der Waals surface area contributed by atoms with E-state index in [1.807, 2.05) is 18.6 Å². The van der Waals surface area contributed by atoms with Crippen molar-refractivity contribution in [2.75, 3.05) is 19.7 Å². The van der Waals surface area contributed by atoms with Gasteiger partial charge in [0.15, 0.2) is 6.61 Å². The maximum absolute atomic E-state index is 13.2. The summed E-state index contributed by atoms with van der Waals surface area (Å²) >= 11 is 6.00. The number of carbonyl (C=O) groups is 2. The molecule has 0 saturated carbocycles. The van der Waals surface area contributed by atoms with Crippen molar-refractivity contribution in [1.82, 2.24) is 19.8 Å². The fourth-order valence-corrected chi connectivity index (χ4v) is 5.42. The lowest BCUT2D eigenvalue weighted by atomic mass is 10.1. The molecule has 1 heterocycles. The molecule has 3 rings (SSSR count). The zero-order valence-corrected chi connectivity index (χ0v) is 22.8. The van der Waals surface area contributed by atoms with E-state index in [4.69, 9.17) is 16.3 Å². The molecular weight excluding hydrogens is 523 g/mol. The van der Waals surface area contributed by atoms with Gasteiger partial charge >= 0.3 is 6.03 Å².